The molecule has 3 heteroatoms. The van der Waals surface area contributed by atoms with Gasteiger partial charge in [0.05, 0.1) is 5.92 Å². The van der Waals surface area contributed by atoms with E-state index in [1.165, 1.54) is 11.1 Å². The highest BCUT2D eigenvalue weighted by atomic mass is 16.4. The van der Waals surface area contributed by atoms with Crippen LogP contribution in [0.5, 0.6) is 0 Å². The lowest BCUT2D eigenvalue weighted by Crippen LogP contribution is -2.26. The molecular formula is C16H23NO2. The smallest absolute Gasteiger partial charge is 0.308 e. The first-order valence-corrected chi connectivity index (χ1v) is 7.01. The zero-order valence-corrected chi connectivity index (χ0v) is 12.0. The van der Waals surface area contributed by atoms with Crippen LogP contribution in [0.2, 0.25) is 0 Å². The molecule has 0 spiro atoms. The van der Waals surface area contributed by atoms with Gasteiger partial charge in [0.25, 0.3) is 0 Å². The summed E-state index contributed by atoms with van der Waals surface area (Å²) in [5.41, 5.74) is 2.69. The molecule has 1 fully saturated rings. The van der Waals surface area contributed by atoms with Crippen molar-refractivity contribution >= 4 is 5.97 Å². The fraction of sp³-hybridized carbons (Fsp3) is 0.562. The first-order valence-electron chi connectivity index (χ1n) is 7.01. The van der Waals surface area contributed by atoms with Crippen LogP contribution in [-0.4, -0.2) is 35.6 Å². The fourth-order valence-corrected chi connectivity index (χ4v) is 2.47. The number of nitrogens with zero attached hydrogens (tertiary/aromatic N) is 1. The van der Waals surface area contributed by atoms with Crippen molar-refractivity contribution in [2.24, 2.45) is 5.92 Å². The maximum atomic E-state index is 10.8. The number of rotatable bonds is 6. The van der Waals surface area contributed by atoms with Crippen molar-refractivity contribution < 1.29 is 9.90 Å². The Balaban J connectivity index is 1.81. The summed E-state index contributed by atoms with van der Waals surface area (Å²) in [4.78, 5) is 13.0. The van der Waals surface area contributed by atoms with E-state index < -0.39 is 5.97 Å². The van der Waals surface area contributed by atoms with Crippen LogP contribution < -0.4 is 0 Å². The molecule has 1 aromatic rings. The number of hydrogen-bond donors (Lipinski definition) is 1. The molecule has 2 unspecified atom stereocenters. The van der Waals surface area contributed by atoms with E-state index in [-0.39, 0.29) is 12.0 Å². The lowest BCUT2D eigenvalue weighted by molar-refractivity contribution is -0.138. The third-order valence-electron chi connectivity index (χ3n) is 4.04. The van der Waals surface area contributed by atoms with E-state index >= 15 is 0 Å². The number of carboxylic acids is 1. The largest absolute Gasteiger partial charge is 0.481 e. The van der Waals surface area contributed by atoms with Gasteiger partial charge in [-0.25, -0.2) is 0 Å². The molecule has 19 heavy (non-hydrogen) atoms. The zero-order chi connectivity index (χ0) is 14.0. The number of aliphatic carboxylic acids is 1. The molecule has 0 radical (unpaired) electrons. The van der Waals surface area contributed by atoms with Crippen molar-refractivity contribution in [3.63, 3.8) is 0 Å². The van der Waals surface area contributed by atoms with Crippen molar-refractivity contribution in [2.75, 3.05) is 13.6 Å². The molecule has 1 N–H and O–H groups in total. The third-order valence-corrected chi connectivity index (χ3v) is 4.04. The molecule has 0 aliphatic heterocycles. The molecule has 3 nitrogen and oxygen atoms in total. The van der Waals surface area contributed by atoms with Crippen LogP contribution in [-0.2, 0) is 11.2 Å². The van der Waals surface area contributed by atoms with Gasteiger partial charge in [0.1, 0.15) is 0 Å². The number of likely N-dealkylation sites (N-methyl/N-ethyl adjacent to an activating group) is 1. The Bertz CT molecular complexity index is 439. The standard InChI is InChI=1S/C16H23NO2/c1-11(2)13-6-4-12(5-7-13)8-9-17(3)15-10-14(15)16(18)19/h4-7,11,14-15H,8-10H2,1-3H3,(H,18,19). The van der Waals surface area contributed by atoms with Gasteiger partial charge in [-0.15, -0.1) is 0 Å². The average molecular weight is 261 g/mol. The summed E-state index contributed by atoms with van der Waals surface area (Å²) in [7, 11) is 2.02. The van der Waals surface area contributed by atoms with E-state index in [4.69, 9.17) is 5.11 Å². The summed E-state index contributed by atoms with van der Waals surface area (Å²) in [5, 5.41) is 8.91. The third kappa shape index (κ3) is 3.57. The van der Waals surface area contributed by atoms with E-state index in [1.807, 2.05) is 7.05 Å². The first kappa shape index (κ1) is 14.1. The van der Waals surface area contributed by atoms with E-state index in [1.54, 1.807) is 0 Å². The highest BCUT2D eigenvalue weighted by Gasteiger charge is 2.45. The van der Waals surface area contributed by atoms with Crippen molar-refractivity contribution in [1.29, 1.82) is 0 Å². The molecule has 0 amide bonds. The van der Waals surface area contributed by atoms with Crippen molar-refractivity contribution in [3.8, 4) is 0 Å². The minimum Gasteiger partial charge on any atom is -0.481 e. The molecule has 1 aliphatic carbocycles. The van der Waals surface area contributed by atoms with Gasteiger partial charge in [0.15, 0.2) is 0 Å². The molecule has 1 aliphatic rings. The molecule has 2 rings (SSSR count). The summed E-state index contributed by atoms with van der Waals surface area (Å²) in [6.45, 7) is 5.32. The Morgan fingerprint density at radius 2 is 2.00 bits per heavy atom. The maximum absolute atomic E-state index is 10.8. The van der Waals surface area contributed by atoms with E-state index in [0.717, 1.165) is 19.4 Å². The van der Waals surface area contributed by atoms with Crippen LogP contribution in [0, 0.1) is 5.92 Å². The Labute approximate surface area is 115 Å². The summed E-state index contributed by atoms with van der Waals surface area (Å²) >= 11 is 0. The second kappa shape index (κ2) is 5.74. The predicted octanol–water partition coefficient (Wildman–Crippen LogP) is 2.76. The second-order valence-corrected chi connectivity index (χ2v) is 5.87. The molecule has 1 saturated carbocycles. The fourth-order valence-electron chi connectivity index (χ4n) is 2.47. The van der Waals surface area contributed by atoms with Crippen LogP contribution >= 0.6 is 0 Å². The van der Waals surface area contributed by atoms with Gasteiger partial charge in [0, 0.05) is 12.6 Å². The summed E-state index contributed by atoms with van der Waals surface area (Å²) in [5.74, 6) is -0.231. The van der Waals surface area contributed by atoms with Gasteiger partial charge in [-0.2, -0.15) is 0 Å². The lowest BCUT2D eigenvalue weighted by Gasteiger charge is -2.16. The summed E-state index contributed by atoms with van der Waals surface area (Å²) in [6.07, 6.45) is 1.79. The minimum absolute atomic E-state index is 0.145. The molecule has 1 aromatic carbocycles. The Hall–Kier alpha value is -1.35. The monoisotopic (exact) mass is 261 g/mol. The van der Waals surface area contributed by atoms with Crippen molar-refractivity contribution in [1.82, 2.24) is 4.90 Å². The molecule has 104 valence electrons. The quantitative estimate of drug-likeness (QED) is 0.856. The molecule has 0 bridgehead atoms. The molecule has 2 atom stereocenters. The van der Waals surface area contributed by atoms with Crippen LogP contribution in [0.25, 0.3) is 0 Å². The number of carbonyl (C=O) groups is 1. The number of carboxylic acid groups (broad SMARTS) is 1. The van der Waals surface area contributed by atoms with Crippen LogP contribution in [0.3, 0.4) is 0 Å². The van der Waals surface area contributed by atoms with Gasteiger partial charge >= 0.3 is 5.97 Å². The van der Waals surface area contributed by atoms with Crippen molar-refractivity contribution in [3.05, 3.63) is 35.4 Å². The molecule has 0 heterocycles. The van der Waals surface area contributed by atoms with Gasteiger partial charge in [0.2, 0.25) is 0 Å². The van der Waals surface area contributed by atoms with Crippen LogP contribution in [0.4, 0.5) is 0 Å². The molecule has 0 saturated heterocycles. The predicted molar refractivity (Wildman–Crippen MR) is 76.4 cm³/mol. The SMILES string of the molecule is CC(C)c1ccc(CCN(C)C2CC2C(=O)O)cc1. The maximum Gasteiger partial charge on any atom is 0.308 e. The normalized spacial score (nSPS) is 21.9. The molecular weight excluding hydrogens is 238 g/mol. The first-order chi connectivity index (χ1) is 8.99. The van der Waals surface area contributed by atoms with Gasteiger partial charge in [-0.1, -0.05) is 38.1 Å². The van der Waals surface area contributed by atoms with E-state index in [2.05, 4.69) is 43.0 Å². The Morgan fingerprint density at radius 3 is 2.47 bits per heavy atom. The van der Waals surface area contributed by atoms with Crippen LogP contribution in [0.1, 0.15) is 37.3 Å². The van der Waals surface area contributed by atoms with Gasteiger partial charge < -0.3 is 10.0 Å². The number of hydrogen-bond acceptors (Lipinski definition) is 2. The summed E-state index contributed by atoms with van der Waals surface area (Å²) < 4.78 is 0. The van der Waals surface area contributed by atoms with Crippen LogP contribution in [0.15, 0.2) is 24.3 Å². The lowest BCUT2D eigenvalue weighted by atomic mass is 10.0. The zero-order valence-electron chi connectivity index (χ0n) is 12.0. The molecule has 0 aromatic heterocycles. The highest BCUT2D eigenvalue weighted by molar-refractivity contribution is 5.74. The second-order valence-electron chi connectivity index (χ2n) is 5.87. The van der Waals surface area contributed by atoms with Gasteiger partial charge in [-0.3, -0.25) is 4.79 Å². The summed E-state index contributed by atoms with van der Waals surface area (Å²) in [6, 6.07) is 9.00. The Kier molecular flexibility index (Phi) is 4.25. The van der Waals surface area contributed by atoms with Gasteiger partial charge in [-0.05, 0) is 36.9 Å². The Morgan fingerprint density at radius 1 is 1.37 bits per heavy atom. The minimum atomic E-state index is -0.655. The van der Waals surface area contributed by atoms with E-state index in [0.29, 0.717) is 5.92 Å². The van der Waals surface area contributed by atoms with E-state index in [9.17, 15) is 4.79 Å². The number of benzene rings is 1. The topological polar surface area (TPSA) is 40.5 Å². The highest BCUT2D eigenvalue weighted by Crippen LogP contribution is 2.35. The average Bonchev–Trinajstić information content (AvgIpc) is 3.16. The van der Waals surface area contributed by atoms with Crippen molar-refractivity contribution in [2.45, 2.75) is 38.6 Å².